The third kappa shape index (κ3) is 5.16. The highest BCUT2D eigenvalue weighted by Gasteiger charge is 2.27. The second kappa shape index (κ2) is 9.13. The first-order valence-corrected chi connectivity index (χ1v) is 10.0. The third-order valence-corrected chi connectivity index (χ3v) is 5.29. The molecule has 1 aromatic carbocycles. The Morgan fingerprint density at radius 1 is 1.11 bits per heavy atom. The smallest absolute Gasteiger partial charge is 0.237 e. The zero-order valence-electron chi connectivity index (χ0n) is 16.7. The molecule has 146 valence electrons. The molecular weight excluding hydrogens is 338 g/mol. The maximum absolute atomic E-state index is 12.4. The molecule has 1 unspecified atom stereocenters. The van der Waals surface area contributed by atoms with Crippen molar-refractivity contribution in [1.82, 2.24) is 25.0 Å². The van der Waals surface area contributed by atoms with Gasteiger partial charge in [0, 0.05) is 26.1 Å². The van der Waals surface area contributed by atoms with Crippen molar-refractivity contribution in [1.29, 1.82) is 0 Å². The molecule has 2 heterocycles. The number of hydrogen-bond acceptors (Lipinski definition) is 4. The normalized spacial score (nSPS) is 15.6. The number of hydrogen-bond donors (Lipinski definition) is 1. The minimum absolute atomic E-state index is 0.105. The highest BCUT2D eigenvalue weighted by atomic mass is 16.2. The number of carbonyl (C=O) groups is 1. The number of nitrogens with zero attached hydrogens (tertiary/aromatic N) is 4. The van der Waals surface area contributed by atoms with Crippen molar-refractivity contribution >= 4 is 5.91 Å². The van der Waals surface area contributed by atoms with E-state index in [4.69, 9.17) is 0 Å². The average molecular weight is 370 g/mol. The maximum atomic E-state index is 12.4. The van der Waals surface area contributed by atoms with Crippen molar-refractivity contribution in [3.63, 3.8) is 0 Å². The van der Waals surface area contributed by atoms with Crippen LogP contribution in [0.4, 0.5) is 0 Å². The van der Waals surface area contributed by atoms with Crippen LogP contribution in [0, 0.1) is 5.92 Å². The van der Waals surface area contributed by atoms with Crippen molar-refractivity contribution in [2.75, 3.05) is 13.1 Å². The van der Waals surface area contributed by atoms with Crippen molar-refractivity contribution in [3.8, 4) is 0 Å². The van der Waals surface area contributed by atoms with E-state index in [1.54, 1.807) is 0 Å². The van der Waals surface area contributed by atoms with E-state index < -0.39 is 0 Å². The topological polar surface area (TPSA) is 63.1 Å². The van der Waals surface area contributed by atoms with Gasteiger partial charge in [-0.3, -0.25) is 9.69 Å². The van der Waals surface area contributed by atoms with Gasteiger partial charge in [0.25, 0.3) is 0 Å². The molecule has 0 aliphatic carbocycles. The lowest BCUT2D eigenvalue weighted by atomic mass is 10.1. The summed E-state index contributed by atoms with van der Waals surface area (Å²) < 4.78 is 2.23. The molecule has 0 fully saturated rings. The molecule has 0 saturated heterocycles. The molecule has 0 radical (unpaired) electrons. The number of carbonyl (C=O) groups excluding carboxylic acids is 1. The van der Waals surface area contributed by atoms with E-state index in [1.165, 1.54) is 5.56 Å². The summed E-state index contributed by atoms with van der Waals surface area (Å²) in [7, 11) is 0. The van der Waals surface area contributed by atoms with Crippen LogP contribution >= 0.6 is 0 Å². The Labute approximate surface area is 162 Å². The summed E-state index contributed by atoms with van der Waals surface area (Å²) in [5.41, 5.74) is 1.32. The average Bonchev–Trinajstić information content (AvgIpc) is 3.08. The van der Waals surface area contributed by atoms with Crippen LogP contribution in [-0.4, -0.2) is 44.7 Å². The predicted molar refractivity (Wildman–Crippen MR) is 106 cm³/mol. The van der Waals surface area contributed by atoms with Gasteiger partial charge in [-0.15, -0.1) is 10.2 Å². The van der Waals surface area contributed by atoms with Crippen LogP contribution in [0.5, 0.6) is 0 Å². The van der Waals surface area contributed by atoms with Crippen LogP contribution in [0.25, 0.3) is 0 Å². The second-order valence-electron chi connectivity index (χ2n) is 7.79. The zero-order valence-corrected chi connectivity index (χ0v) is 16.7. The van der Waals surface area contributed by atoms with Crippen LogP contribution in [0.15, 0.2) is 30.3 Å². The minimum Gasteiger partial charge on any atom is -0.355 e. The summed E-state index contributed by atoms with van der Waals surface area (Å²) in [5.74, 6) is 2.71. The summed E-state index contributed by atoms with van der Waals surface area (Å²) in [6, 6.07) is 10.3. The Bertz CT molecular complexity index is 740. The molecule has 1 N–H and O–H groups in total. The van der Waals surface area contributed by atoms with Gasteiger partial charge < -0.3 is 9.88 Å². The highest BCUT2D eigenvalue weighted by Crippen LogP contribution is 2.16. The van der Waals surface area contributed by atoms with Crippen molar-refractivity contribution in [3.05, 3.63) is 47.5 Å². The van der Waals surface area contributed by atoms with Crippen LogP contribution in [0.1, 0.15) is 44.4 Å². The van der Waals surface area contributed by atoms with Gasteiger partial charge in [0.1, 0.15) is 11.6 Å². The van der Waals surface area contributed by atoms with Crippen molar-refractivity contribution < 1.29 is 4.79 Å². The molecule has 1 amide bonds. The summed E-state index contributed by atoms with van der Waals surface area (Å²) in [6.07, 6.45) is 2.87. The Balaban J connectivity index is 1.54. The van der Waals surface area contributed by atoms with Crippen molar-refractivity contribution in [2.45, 2.75) is 59.2 Å². The Kier molecular flexibility index (Phi) is 6.61. The monoisotopic (exact) mass is 369 g/mol. The first kappa shape index (κ1) is 19.5. The molecule has 1 atom stereocenters. The van der Waals surface area contributed by atoms with Crippen LogP contribution in [-0.2, 0) is 30.7 Å². The van der Waals surface area contributed by atoms with Gasteiger partial charge in [-0.25, -0.2) is 0 Å². The second-order valence-corrected chi connectivity index (χ2v) is 7.79. The van der Waals surface area contributed by atoms with Gasteiger partial charge >= 0.3 is 0 Å². The number of aryl methyl sites for hydroxylation is 2. The van der Waals surface area contributed by atoms with Crippen LogP contribution in [0.3, 0.4) is 0 Å². The van der Waals surface area contributed by atoms with Gasteiger partial charge in [0.2, 0.25) is 5.91 Å². The lowest BCUT2D eigenvalue weighted by Gasteiger charge is -2.32. The molecule has 1 aromatic heterocycles. The molecular formula is C21H31N5O. The third-order valence-electron chi connectivity index (χ3n) is 5.29. The van der Waals surface area contributed by atoms with Crippen LogP contribution < -0.4 is 5.32 Å². The number of nitrogens with one attached hydrogen (secondary N) is 1. The van der Waals surface area contributed by atoms with E-state index in [0.717, 1.165) is 50.5 Å². The van der Waals surface area contributed by atoms with E-state index in [2.05, 4.69) is 63.1 Å². The molecule has 1 aliphatic heterocycles. The van der Waals surface area contributed by atoms with Gasteiger partial charge in [-0.05, 0) is 31.2 Å². The van der Waals surface area contributed by atoms with E-state index in [0.29, 0.717) is 12.5 Å². The lowest BCUT2D eigenvalue weighted by molar-refractivity contribution is -0.126. The molecule has 0 saturated carbocycles. The zero-order chi connectivity index (χ0) is 19.2. The first-order chi connectivity index (χ1) is 13.0. The minimum atomic E-state index is -0.143. The maximum Gasteiger partial charge on any atom is 0.237 e. The number of benzene rings is 1. The predicted octanol–water partition coefficient (Wildman–Crippen LogP) is 2.43. The van der Waals surface area contributed by atoms with Crippen LogP contribution in [0.2, 0.25) is 0 Å². The summed E-state index contributed by atoms with van der Waals surface area (Å²) in [4.78, 5) is 14.6. The van der Waals surface area contributed by atoms with Gasteiger partial charge in [0.15, 0.2) is 0 Å². The fourth-order valence-electron chi connectivity index (χ4n) is 3.45. The molecule has 3 rings (SSSR count). The van der Waals surface area contributed by atoms with Crippen molar-refractivity contribution in [2.24, 2.45) is 5.92 Å². The van der Waals surface area contributed by atoms with E-state index in [9.17, 15) is 4.79 Å². The SMILES string of the molecule is CC(C)CCNC(=O)C(C)N1CCn2c(CCc3ccccc3)nnc2C1. The number of amides is 1. The van der Waals surface area contributed by atoms with E-state index in [1.807, 2.05) is 13.0 Å². The van der Waals surface area contributed by atoms with E-state index in [-0.39, 0.29) is 11.9 Å². The molecule has 6 heteroatoms. The highest BCUT2D eigenvalue weighted by molar-refractivity contribution is 5.81. The largest absolute Gasteiger partial charge is 0.355 e. The Hall–Kier alpha value is -2.21. The summed E-state index contributed by atoms with van der Waals surface area (Å²) in [5, 5.41) is 11.8. The van der Waals surface area contributed by atoms with E-state index >= 15 is 0 Å². The quantitative estimate of drug-likeness (QED) is 0.776. The molecule has 27 heavy (non-hydrogen) atoms. The number of aromatic nitrogens is 3. The van der Waals surface area contributed by atoms with Gasteiger partial charge in [-0.2, -0.15) is 0 Å². The molecule has 2 aromatic rings. The summed E-state index contributed by atoms with van der Waals surface area (Å²) >= 11 is 0. The Morgan fingerprint density at radius 3 is 2.63 bits per heavy atom. The standard InChI is InChI=1S/C21H31N5O/c1-16(2)11-12-22-21(27)17(3)25-13-14-26-19(23-24-20(26)15-25)10-9-18-7-5-4-6-8-18/h4-8,16-17H,9-15H2,1-3H3,(H,22,27). The van der Waals surface area contributed by atoms with Gasteiger partial charge in [0.05, 0.1) is 12.6 Å². The summed E-state index contributed by atoms with van der Waals surface area (Å²) in [6.45, 7) is 9.43. The lowest BCUT2D eigenvalue weighted by Crippen LogP contribution is -2.48. The molecule has 0 bridgehead atoms. The first-order valence-electron chi connectivity index (χ1n) is 10.0. The fourth-order valence-corrected chi connectivity index (χ4v) is 3.45. The molecule has 1 aliphatic rings. The fraction of sp³-hybridized carbons (Fsp3) is 0.571. The molecule has 0 spiro atoms. The van der Waals surface area contributed by atoms with Gasteiger partial charge in [-0.1, -0.05) is 44.2 Å². The Morgan fingerprint density at radius 2 is 1.89 bits per heavy atom. The number of fused-ring (bicyclic) bond motifs is 1. The molecule has 6 nitrogen and oxygen atoms in total. The number of rotatable bonds is 8.